The lowest BCUT2D eigenvalue weighted by Gasteiger charge is -2.24. The van der Waals surface area contributed by atoms with Gasteiger partial charge < -0.3 is 15.2 Å². The first-order valence-corrected chi connectivity index (χ1v) is 6.83. The molecule has 104 valence electrons. The van der Waals surface area contributed by atoms with E-state index >= 15 is 0 Å². The summed E-state index contributed by atoms with van der Waals surface area (Å²) >= 11 is 0. The number of rotatable bonds is 9. The molecule has 3 nitrogen and oxygen atoms in total. The lowest BCUT2D eigenvalue weighted by atomic mass is 9.90. The molecule has 0 spiro atoms. The van der Waals surface area contributed by atoms with Gasteiger partial charge in [0.25, 0.3) is 0 Å². The number of hydrogen-bond acceptors (Lipinski definition) is 3. The minimum Gasteiger partial charge on any atom is -0.497 e. The summed E-state index contributed by atoms with van der Waals surface area (Å²) in [6, 6.07) is 7.58. The molecule has 1 unspecified atom stereocenters. The SMILES string of the molecule is [B]CCCCC(C)(N)CCOc1ccc(OC)cc1. The monoisotopic (exact) mass is 261 g/mol. The Hall–Kier alpha value is -1.16. The van der Waals surface area contributed by atoms with Gasteiger partial charge in [0.15, 0.2) is 0 Å². The molecule has 2 radical (unpaired) electrons. The summed E-state index contributed by atoms with van der Waals surface area (Å²) in [4.78, 5) is 0. The standard InChI is InChI=1S/C15H24BNO2/c1-15(17,9-3-4-11-16)10-12-19-14-7-5-13(18-2)6-8-14/h5-8H,3-4,9-12,17H2,1-2H3. The van der Waals surface area contributed by atoms with E-state index in [1.807, 2.05) is 24.3 Å². The smallest absolute Gasteiger partial charge is 0.119 e. The third-order valence-electron chi connectivity index (χ3n) is 3.20. The molecule has 1 atom stereocenters. The quantitative estimate of drug-likeness (QED) is 0.549. The number of methoxy groups -OCH3 is 1. The van der Waals surface area contributed by atoms with Gasteiger partial charge in [-0.1, -0.05) is 19.2 Å². The average molecular weight is 261 g/mol. The lowest BCUT2D eigenvalue weighted by molar-refractivity contribution is 0.256. The summed E-state index contributed by atoms with van der Waals surface area (Å²) in [6.45, 7) is 2.70. The third kappa shape index (κ3) is 6.53. The number of hydrogen-bond donors (Lipinski definition) is 1. The number of ether oxygens (including phenoxy) is 2. The van der Waals surface area contributed by atoms with E-state index in [0.29, 0.717) is 6.61 Å². The van der Waals surface area contributed by atoms with Gasteiger partial charge in [0.1, 0.15) is 11.5 Å². The van der Waals surface area contributed by atoms with Crippen molar-refractivity contribution in [3.8, 4) is 11.5 Å². The second-order valence-electron chi connectivity index (χ2n) is 5.17. The zero-order chi connectivity index (χ0) is 14.1. The molecule has 0 amide bonds. The molecule has 0 aliphatic carbocycles. The Kier molecular flexibility index (Phi) is 6.78. The minimum absolute atomic E-state index is 0.179. The number of benzene rings is 1. The molecule has 0 aromatic heterocycles. The van der Waals surface area contributed by atoms with Crippen LogP contribution in [0.15, 0.2) is 24.3 Å². The Morgan fingerprint density at radius 2 is 1.74 bits per heavy atom. The first-order chi connectivity index (χ1) is 9.07. The van der Waals surface area contributed by atoms with Gasteiger partial charge in [-0.25, -0.2) is 0 Å². The van der Waals surface area contributed by atoms with Crippen LogP contribution < -0.4 is 15.2 Å². The molecular formula is C15H24BNO2. The molecule has 1 rings (SSSR count). The summed E-state index contributed by atoms with van der Waals surface area (Å²) in [5.41, 5.74) is 6.05. The molecule has 19 heavy (non-hydrogen) atoms. The maximum absolute atomic E-state index is 6.23. The molecule has 4 heteroatoms. The van der Waals surface area contributed by atoms with Crippen molar-refractivity contribution in [3.63, 3.8) is 0 Å². The highest BCUT2D eigenvalue weighted by molar-refractivity contribution is 6.08. The Morgan fingerprint density at radius 1 is 1.11 bits per heavy atom. The topological polar surface area (TPSA) is 44.5 Å². The molecular weight excluding hydrogens is 237 g/mol. The molecule has 0 fully saturated rings. The fourth-order valence-electron chi connectivity index (χ4n) is 1.87. The average Bonchev–Trinajstić information content (AvgIpc) is 2.39. The van der Waals surface area contributed by atoms with Crippen molar-refractivity contribution in [1.82, 2.24) is 0 Å². The van der Waals surface area contributed by atoms with Gasteiger partial charge in [0.2, 0.25) is 0 Å². The number of unbranched alkanes of at least 4 members (excludes halogenated alkanes) is 1. The van der Waals surface area contributed by atoms with Crippen LogP contribution in [0.25, 0.3) is 0 Å². The van der Waals surface area contributed by atoms with Crippen LogP contribution in [0, 0.1) is 0 Å². The summed E-state index contributed by atoms with van der Waals surface area (Å²) in [5.74, 6) is 1.68. The highest BCUT2D eigenvalue weighted by atomic mass is 16.5. The first-order valence-electron chi connectivity index (χ1n) is 6.83. The van der Waals surface area contributed by atoms with E-state index in [9.17, 15) is 0 Å². The van der Waals surface area contributed by atoms with Gasteiger partial charge >= 0.3 is 0 Å². The van der Waals surface area contributed by atoms with Crippen LogP contribution in [-0.4, -0.2) is 27.1 Å². The van der Waals surface area contributed by atoms with E-state index in [1.54, 1.807) is 7.11 Å². The lowest BCUT2D eigenvalue weighted by Crippen LogP contribution is -2.37. The first kappa shape index (κ1) is 15.9. The Morgan fingerprint density at radius 3 is 2.32 bits per heavy atom. The molecule has 0 saturated heterocycles. The zero-order valence-electron chi connectivity index (χ0n) is 12.0. The van der Waals surface area contributed by atoms with Crippen LogP contribution in [0.3, 0.4) is 0 Å². The highest BCUT2D eigenvalue weighted by Gasteiger charge is 2.17. The van der Waals surface area contributed by atoms with Crippen molar-refractivity contribution in [1.29, 1.82) is 0 Å². The fourth-order valence-corrected chi connectivity index (χ4v) is 1.87. The molecule has 2 N–H and O–H groups in total. The van der Waals surface area contributed by atoms with Gasteiger partial charge in [-0.15, -0.1) is 0 Å². The van der Waals surface area contributed by atoms with Crippen molar-refractivity contribution in [2.45, 2.75) is 44.5 Å². The van der Waals surface area contributed by atoms with Crippen molar-refractivity contribution in [3.05, 3.63) is 24.3 Å². The Labute approximate surface area is 117 Å². The predicted molar refractivity (Wildman–Crippen MR) is 80.1 cm³/mol. The van der Waals surface area contributed by atoms with Gasteiger partial charge in [0, 0.05) is 5.54 Å². The van der Waals surface area contributed by atoms with Crippen LogP contribution >= 0.6 is 0 Å². The molecule has 0 bridgehead atoms. The molecule has 0 aliphatic rings. The van der Waals surface area contributed by atoms with Crippen molar-refractivity contribution < 1.29 is 9.47 Å². The maximum atomic E-state index is 6.23. The van der Waals surface area contributed by atoms with E-state index in [1.165, 1.54) is 0 Å². The zero-order valence-corrected chi connectivity index (χ0v) is 12.0. The largest absolute Gasteiger partial charge is 0.497 e. The van der Waals surface area contributed by atoms with E-state index in [-0.39, 0.29) is 5.54 Å². The summed E-state index contributed by atoms with van der Waals surface area (Å²) in [7, 11) is 7.13. The molecule has 1 aromatic carbocycles. The molecule has 1 aromatic rings. The Bertz CT molecular complexity index is 352. The van der Waals surface area contributed by atoms with Crippen molar-refractivity contribution in [2.75, 3.05) is 13.7 Å². The van der Waals surface area contributed by atoms with Crippen molar-refractivity contribution >= 4 is 7.85 Å². The van der Waals surface area contributed by atoms with Crippen LogP contribution in [0.1, 0.15) is 32.6 Å². The highest BCUT2D eigenvalue weighted by Crippen LogP contribution is 2.19. The predicted octanol–water partition coefficient (Wildman–Crippen LogP) is 2.94. The number of nitrogens with two attached hydrogens (primary N) is 1. The molecule has 0 heterocycles. The van der Waals surface area contributed by atoms with Crippen LogP contribution in [0.2, 0.25) is 6.32 Å². The summed E-state index contributed by atoms with van der Waals surface area (Å²) in [5, 5.41) is 0. The van der Waals surface area contributed by atoms with Gasteiger partial charge in [-0.3, -0.25) is 0 Å². The van der Waals surface area contributed by atoms with E-state index in [2.05, 4.69) is 6.92 Å². The maximum Gasteiger partial charge on any atom is 0.119 e. The van der Waals surface area contributed by atoms with E-state index < -0.39 is 0 Å². The fraction of sp³-hybridized carbons (Fsp3) is 0.600. The normalized spacial score (nSPS) is 13.8. The van der Waals surface area contributed by atoms with E-state index in [0.717, 1.165) is 43.5 Å². The van der Waals surface area contributed by atoms with Crippen LogP contribution in [-0.2, 0) is 0 Å². The molecule has 0 saturated carbocycles. The van der Waals surface area contributed by atoms with Gasteiger partial charge in [-0.05, 0) is 44.0 Å². The van der Waals surface area contributed by atoms with E-state index in [4.69, 9.17) is 23.1 Å². The minimum atomic E-state index is -0.179. The van der Waals surface area contributed by atoms with Crippen LogP contribution in [0.4, 0.5) is 0 Å². The summed E-state index contributed by atoms with van der Waals surface area (Å²) in [6.07, 6.45) is 4.66. The second kappa shape index (κ2) is 8.10. The summed E-state index contributed by atoms with van der Waals surface area (Å²) < 4.78 is 10.8. The van der Waals surface area contributed by atoms with Crippen LogP contribution in [0.5, 0.6) is 11.5 Å². The second-order valence-corrected chi connectivity index (χ2v) is 5.17. The Balaban J connectivity index is 2.27. The van der Waals surface area contributed by atoms with Gasteiger partial charge in [0.05, 0.1) is 21.6 Å². The molecule has 0 aliphatic heterocycles. The van der Waals surface area contributed by atoms with Gasteiger partial charge in [-0.2, -0.15) is 0 Å². The van der Waals surface area contributed by atoms with Crippen molar-refractivity contribution in [2.24, 2.45) is 5.73 Å². The third-order valence-corrected chi connectivity index (χ3v) is 3.20.